The molecule has 1 aromatic rings. The van der Waals surface area contributed by atoms with Gasteiger partial charge in [-0.1, -0.05) is 11.6 Å². The Bertz CT molecular complexity index is 335. The first-order chi connectivity index (χ1) is 8.27. The van der Waals surface area contributed by atoms with Crippen molar-refractivity contribution in [3.05, 3.63) is 11.2 Å². The van der Waals surface area contributed by atoms with Crippen LogP contribution >= 0.6 is 11.6 Å². The van der Waals surface area contributed by atoms with Crippen molar-refractivity contribution in [1.82, 2.24) is 9.97 Å². The standard InChI is InChI=1S/C11H19ClN4O/c1-13-11-15-8-9(12)10(16-11)14-6-4-3-5-7-17-2/h8H,3-7H2,1-2H3,(H2,13,14,15,16). The number of hydrogen-bond acceptors (Lipinski definition) is 5. The molecule has 1 heterocycles. The predicted molar refractivity (Wildman–Crippen MR) is 70.8 cm³/mol. The quantitative estimate of drug-likeness (QED) is 0.702. The molecule has 96 valence electrons. The summed E-state index contributed by atoms with van der Waals surface area (Å²) in [5.74, 6) is 1.24. The Hall–Kier alpha value is -1.07. The van der Waals surface area contributed by atoms with Gasteiger partial charge in [-0.2, -0.15) is 4.98 Å². The van der Waals surface area contributed by atoms with Crippen molar-refractivity contribution in [2.75, 3.05) is 37.9 Å². The predicted octanol–water partition coefficient (Wildman–Crippen LogP) is 2.40. The van der Waals surface area contributed by atoms with Gasteiger partial charge in [0.1, 0.15) is 10.8 Å². The molecule has 6 heteroatoms. The molecule has 0 aliphatic heterocycles. The van der Waals surface area contributed by atoms with E-state index in [0.717, 1.165) is 32.4 Å². The smallest absolute Gasteiger partial charge is 0.224 e. The van der Waals surface area contributed by atoms with Gasteiger partial charge < -0.3 is 15.4 Å². The summed E-state index contributed by atoms with van der Waals surface area (Å²) < 4.78 is 4.99. The van der Waals surface area contributed by atoms with Gasteiger partial charge in [0, 0.05) is 27.3 Å². The zero-order chi connectivity index (χ0) is 12.5. The number of hydrogen-bond donors (Lipinski definition) is 2. The summed E-state index contributed by atoms with van der Waals surface area (Å²) in [6, 6.07) is 0. The minimum Gasteiger partial charge on any atom is -0.385 e. The molecule has 5 nitrogen and oxygen atoms in total. The largest absolute Gasteiger partial charge is 0.385 e. The van der Waals surface area contributed by atoms with Crippen molar-refractivity contribution < 1.29 is 4.74 Å². The molecule has 0 fully saturated rings. The number of anilines is 2. The summed E-state index contributed by atoms with van der Waals surface area (Å²) in [5.41, 5.74) is 0. The van der Waals surface area contributed by atoms with Crippen molar-refractivity contribution in [3.63, 3.8) is 0 Å². The minimum absolute atomic E-state index is 0.542. The second-order valence-electron chi connectivity index (χ2n) is 3.62. The highest BCUT2D eigenvalue weighted by Crippen LogP contribution is 2.19. The van der Waals surface area contributed by atoms with Crippen LogP contribution in [0.25, 0.3) is 0 Å². The maximum atomic E-state index is 5.98. The highest BCUT2D eigenvalue weighted by molar-refractivity contribution is 6.32. The molecule has 0 aliphatic rings. The normalized spacial score (nSPS) is 10.3. The van der Waals surface area contributed by atoms with Crippen LogP contribution in [0.5, 0.6) is 0 Å². The minimum atomic E-state index is 0.542. The van der Waals surface area contributed by atoms with Crippen LogP contribution in [0.2, 0.25) is 5.02 Å². The number of halogens is 1. The van der Waals surface area contributed by atoms with Gasteiger partial charge in [-0.15, -0.1) is 0 Å². The van der Waals surface area contributed by atoms with Gasteiger partial charge in [-0.3, -0.25) is 0 Å². The summed E-state index contributed by atoms with van der Waals surface area (Å²) in [7, 11) is 3.50. The number of methoxy groups -OCH3 is 1. The summed E-state index contributed by atoms with van der Waals surface area (Å²) in [5, 5.41) is 6.62. The Morgan fingerprint density at radius 1 is 1.35 bits per heavy atom. The van der Waals surface area contributed by atoms with E-state index in [0.29, 0.717) is 16.8 Å². The first-order valence-corrected chi connectivity index (χ1v) is 6.09. The summed E-state index contributed by atoms with van der Waals surface area (Å²) in [4.78, 5) is 8.25. The average Bonchev–Trinajstić information content (AvgIpc) is 2.35. The highest BCUT2D eigenvalue weighted by atomic mass is 35.5. The Morgan fingerprint density at radius 2 is 2.18 bits per heavy atom. The second-order valence-corrected chi connectivity index (χ2v) is 4.03. The first kappa shape index (κ1) is 14.0. The van der Waals surface area contributed by atoms with Gasteiger partial charge in [0.05, 0.1) is 6.20 Å². The monoisotopic (exact) mass is 258 g/mol. The fraction of sp³-hybridized carbons (Fsp3) is 0.636. The highest BCUT2D eigenvalue weighted by Gasteiger charge is 2.03. The van der Waals surface area contributed by atoms with Crippen LogP contribution in [0.1, 0.15) is 19.3 Å². The molecule has 0 aliphatic carbocycles. The summed E-state index contributed by atoms with van der Waals surface area (Å²) in [6.45, 7) is 1.67. The lowest BCUT2D eigenvalue weighted by molar-refractivity contribution is 0.192. The van der Waals surface area contributed by atoms with E-state index in [9.17, 15) is 0 Å². The number of nitrogens with one attached hydrogen (secondary N) is 2. The zero-order valence-electron chi connectivity index (χ0n) is 10.3. The lowest BCUT2D eigenvalue weighted by Gasteiger charge is -2.08. The third-order valence-corrected chi connectivity index (χ3v) is 2.56. The number of nitrogens with zero attached hydrogens (tertiary/aromatic N) is 2. The molecule has 0 saturated carbocycles. The molecule has 0 bridgehead atoms. The van der Waals surface area contributed by atoms with E-state index in [1.54, 1.807) is 20.4 Å². The number of unbranched alkanes of at least 4 members (excludes halogenated alkanes) is 2. The van der Waals surface area contributed by atoms with Crippen LogP contribution in [0.3, 0.4) is 0 Å². The van der Waals surface area contributed by atoms with E-state index < -0.39 is 0 Å². The van der Waals surface area contributed by atoms with Crippen molar-refractivity contribution >= 4 is 23.4 Å². The summed E-state index contributed by atoms with van der Waals surface area (Å²) >= 11 is 5.98. The fourth-order valence-electron chi connectivity index (χ4n) is 1.37. The van der Waals surface area contributed by atoms with Gasteiger partial charge in [0.25, 0.3) is 0 Å². The van der Waals surface area contributed by atoms with Crippen LogP contribution in [0.15, 0.2) is 6.20 Å². The molecule has 0 saturated heterocycles. The number of rotatable bonds is 8. The van der Waals surface area contributed by atoms with Crippen LogP contribution < -0.4 is 10.6 Å². The topological polar surface area (TPSA) is 59.1 Å². The maximum absolute atomic E-state index is 5.98. The molecule has 1 rings (SSSR count). The van der Waals surface area contributed by atoms with E-state index in [1.165, 1.54) is 0 Å². The van der Waals surface area contributed by atoms with Crippen LogP contribution in [-0.2, 0) is 4.74 Å². The average molecular weight is 259 g/mol. The van der Waals surface area contributed by atoms with E-state index >= 15 is 0 Å². The van der Waals surface area contributed by atoms with Crippen LogP contribution in [0, 0.1) is 0 Å². The fourth-order valence-corrected chi connectivity index (χ4v) is 1.52. The van der Waals surface area contributed by atoms with Crippen molar-refractivity contribution in [1.29, 1.82) is 0 Å². The molecule has 0 amide bonds. The van der Waals surface area contributed by atoms with Gasteiger partial charge in [0.2, 0.25) is 5.95 Å². The molecular formula is C11H19ClN4O. The second kappa shape index (κ2) is 8.08. The lowest BCUT2D eigenvalue weighted by Crippen LogP contribution is -2.06. The van der Waals surface area contributed by atoms with Crippen LogP contribution in [-0.4, -0.2) is 37.3 Å². The van der Waals surface area contributed by atoms with Crippen molar-refractivity contribution in [2.45, 2.75) is 19.3 Å². The molecule has 0 unspecified atom stereocenters. The van der Waals surface area contributed by atoms with Crippen molar-refractivity contribution in [3.8, 4) is 0 Å². The Balaban J connectivity index is 2.30. The third kappa shape index (κ3) is 5.19. The third-order valence-electron chi connectivity index (χ3n) is 2.29. The SMILES string of the molecule is CNc1ncc(Cl)c(NCCCCCOC)n1. The zero-order valence-corrected chi connectivity index (χ0v) is 11.0. The molecule has 0 spiro atoms. The maximum Gasteiger partial charge on any atom is 0.224 e. The molecule has 17 heavy (non-hydrogen) atoms. The molecular weight excluding hydrogens is 240 g/mol. The Morgan fingerprint density at radius 3 is 2.88 bits per heavy atom. The Kier molecular flexibility index (Phi) is 6.65. The number of ether oxygens (including phenoxy) is 1. The summed E-state index contributed by atoms with van der Waals surface area (Å²) in [6.07, 6.45) is 4.87. The van der Waals surface area contributed by atoms with E-state index in [2.05, 4.69) is 20.6 Å². The molecule has 0 radical (unpaired) electrons. The van der Waals surface area contributed by atoms with Gasteiger partial charge in [-0.05, 0) is 19.3 Å². The van der Waals surface area contributed by atoms with Gasteiger partial charge in [0.15, 0.2) is 0 Å². The van der Waals surface area contributed by atoms with E-state index in [4.69, 9.17) is 16.3 Å². The first-order valence-electron chi connectivity index (χ1n) is 5.71. The van der Waals surface area contributed by atoms with Gasteiger partial charge >= 0.3 is 0 Å². The van der Waals surface area contributed by atoms with E-state index in [-0.39, 0.29) is 0 Å². The van der Waals surface area contributed by atoms with Crippen molar-refractivity contribution in [2.24, 2.45) is 0 Å². The van der Waals surface area contributed by atoms with E-state index in [1.807, 2.05) is 0 Å². The van der Waals surface area contributed by atoms with Gasteiger partial charge in [-0.25, -0.2) is 4.98 Å². The lowest BCUT2D eigenvalue weighted by atomic mass is 10.2. The molecule has 1 aromatic heterocycles. The number of aromatic nitrogens is 2. The Labute approximate surface area is 107 Å². The molecule has 0 aromatic carbocycles. The molecule has 0 atom stereocenters. The molecule has 2 N–H and O–H groups in total. The van der Waals surface area contributed by atoms with Crippen LogP contribution in [0.4, 0.5) is 11.8 Å².